The molecule has 0 radical (unpaired) electrons. The van der Waals surface area contributed by atoms with E-state index in [0.29, 0.717) is 21.6 Å². The van der Waals surface area contributed by atoms with Gasteiger partial charge in [0.05, 0.1) is 0 Å². The average molecular weight is 364 g/mol. The van der Waals surface area contributed by atoms with Crippen molar-refractivity contribution in [3.63, 3.8) is 0 Å². The number of hydrogen-bond donors (Lipinski definition) is 0. The van der Waals surface area contributed by atoms with Gasteiger partial charge in [0.2, 0.25) is 0 Å². The van der Waals surface area contributed by atoms with Crippen LogP contribution in [-0.2, 0) is 10.9 Å². The van der Waals surface area contributed by atoms with Crippen LogP contribution in [-0.4, -0.2) is 26.5 Å². The molecular formula is C19H33Cl2S+. The van der Waals surface area contributed by atoms with Gasteiger partial charge in [0.15, 0.2) is 0 Å². The van der Waals surface area contributed by atoms with Gasteiger partial charge in [-0.1, -0.05) is 6.92 Å². The second kappa shape index (κ2) is 8.34. The fourth-order valence-electron chi connectivity index (χ4n) is 4.91. The number of alkyl halides is 2. The highest BCUT2D eigenvalue weighted by Gasteiger charge is 2.47. The Morgan fingerprint density at radius 1 is 0.545 bits per heavy atom. The van der Waals surface area contributed by atoms with Crippen LogP contribution in [0.25, 0.3) is 0 Å². The Kier molecular flexibility index (Phi) is 6.73. The topological polar surface area (TPSA) is 0 Å². The third-order valence-corrected chi connectivity index (χ3v) is 10.9. The summed E-state index contributed by atoms with van der Waals surface area (Å²) in [6, 6.07) is 0. The third-order valence-electron chi connectivity index (χ3n) is 6.33. The number of halogens is 2. The van der Waals surface area contributed by atoms with E-state index in [0.717, 1.165) is 21.7 Å². The van der Waals surface area contributed by atoms with Crippen LogP contribution in [0.3, 0.4) is 0 Å². The zero-order chi connectivity index (χ0) is 15.5. The Morgan fingerprint density at radius 3 is 1.23 bits per heavy atom. The van der Waals surface area contributed by atoms with Gasteiger partial charge in [-0.2, -0.15) is 0 Å². The summed E-state index contributed by atoms with van der Waals surface area (Å²) >= 11 is 12.8. The summed E-state index contributed by atoms with van der Waals surface area (Å²) in [5.41, 5.74) is 0. The Hall–Kier alpha value is 0.930. The SMILES string of the molecule is CC1CCC([S+](C2CCC(Cl)CC2)C2CCC(Cl)CC2)CC1. The van der Waals surface area contributed by atoms with E-state index in [2.05, 4.69) is 6.92 Å². The molecule has 0 atom stereocenters. The first-order valence-electron chi connectivity index (χ1n) is 9.62. The van der Waals surface area contributed by atoms with Crippen molar-refractivity contribution in [1.82, 2.24) is 0 Å². The van der Waals surface area contributed by atoms with Crippen LogP contribution in [0.15, 0.2) is 0 Å². The Morgan fingerprint density at radius 2 is 0.864 bits per heavy atom. The first kappa shape index (κ1) is 17.7. The molecule has 0 N–H and O–H groups in total. The molecule has 0 unspecified atom stereocenters. The van der Waals surface area contributed by atoms with Gasteiger partial charge in [0.25, 0.3) is 0 Å². The van der Waals surface area contributed by atoms with Crippen molar-refractivity contribution >= 4 is 34.1 Å². The number of hydrogen-bond acceptors (Lipinski definition) is 0. The highest BCUT2D eigenvalue weighted by Crippen LogP contribution is 2.42. The van der Waals surface area contributed by atoms with E-state index in [1.54, 1.807) is 0 Å². The Balaban J connectivity index is 1.67. The lowest BCUT2D eigenvalue weighted by Crippen LogP contribution is -2.45. The monoisotopic (exact) mass is 363 g/mol. The molecule has 22 heavy (non-hydrogen) atoms. The molecule has 0 amide bonds. The van der Waals surface area contributed by atoms with Gasteiger partial charge in [0, 0.05) is 10.8 Å². The second-order valence-corrected chi connectivity index (χ2v) is 12.1. The van der Waals surface area contributed by atoms with Crippen molar-refractivity contribution in [1.29, 1.82) is 0 Å². The Bertz CT molecular complexity index is 272. The molecule has 0 aliphatic heterocycles. The molecule has 0 aromatic carbocycles. The van der Waals surface area contributed by atoms with Gasteiger partial charge in [0.1, 0.15) is 15.7 Å². The van der Waals surface area contributed by atoms with Crippen molar-refractivity contribution in [3.8, 4) is 0 Å². The summed E-state index contributed by atoms with van der Waals surface area (Å²) in [6.45, 7) is 2.45. The van der Waals surface area contributed by atoms with Crippen molar-refractivity contribution in [2.45, 2.75) is 110 Å². The van der Waals surface area contributed by atoms with Crippen molar-refractivity contribution < 1.29 is 0 Å². The first-order chi connectivity index (χ1) is 10.6. The number of rotatable bonds is 3. The minimum Gasteiger partial charge on any atom is -0.123 e. The molecule has 3 heteroatoms. The Labute approximate surface area is 150 Å². The fourth-order valence-corrected chi connectivity index (χ4v) is 9.49. The maximum absolute atomic E-state index is 6.38. The molecule has 3 rings (SSSR count). The van der Waals surface area contributed by atoms with Gasteiger partial charge in [-0.3, -0.25) is 0 Å². The maximum Gasteiger partial charge on any atom is 0.118 e. The molecule has 0 heterocycles. The molecule has 3 aliphatic rings. The van der Waals surface area contributed by atoms with Gasteiger partial charge >= 0.3 is 0 Å². The van der Waals surface area contributed by atoms with E-state index < -0.39 is 0 Å². The lowest BCUT2D eigenvalue weighted by Gasteiger charge is -2.38. The molecule has 0 aromatic rings. The zero-order valence-electron chi connectivity index (χ0n) is 14.1. The summed E-state index contributed by atoms with van der Waals surface area (Å²) in [5.74, 6) is 0.971. The van der Waals surface area contributed by atoms with E-state index >= 15 is 0 Å². The van der Waals surface area contributed by atoms with Crippen LogP contribution in [0, 0.1) is 5.92 Å². The first-order valence-corrected chi connectivity index (χ1v) is 11.9. The van der Waals surface area contributed by atoms with Crippen LogP contribution >= 0.6 is 23.2 Å². The van der Waals surface area contributed by atoms with Gasteiger partial charge < -0.3 is 0 Å². The molecule has 0 bridgehead atoms. The average Bonchev–Trinajstić information content (AvgIpc) is 2.53. The van der Waals surface area contributed by atoms with Crippen molar-refractivity contribution in [2.75, 3.05) is 0 Å². The fraction of sp³-hybridized carbons (Fsp3) is 1.00. The summed E-state index contributed by atoms with van der Waals surface area (Å²) < 4.78 is 0. The van der Waals surface area contributed by atoms with Crippen LogP contribution < -0.4 is 0 Å². The second-order valence-electron chi connectivity index (χ2n) is 8.04. The third kappa shape index (κ3) is 4.51. The van der Waals surface area contributed by atoms with E-state index in [9.17, 15) is 0 Å². The quantitative estimate of drug-likeness (QED) is 0.408. The van der Waals surface area contributed by atoms with Crippen LogP contribution in [0.2, 0.25) is 0 Å². The molecule has 3 fully saturated rings. The lowest BCUT2D eigenvalue weighted by atomic mass is 9.90. The molecule has 3 saturated carbocycles. The zero-order valence-corrected chi connectivity index (χ0v) is 16.4. The molecular weight excluding hydrogens is 331 g/mol. The smallest absolute Gasteiger partial charge is 0.118 e. The van der Waals surface area contributed by atoms with E-state index in [4.69, 9.17) is 23.2 Å². The molecule has 3 aliphatic carbocycles. The van der Waals surface area contributed by atoms with Crippen LogP contribution in [0.1, 0.15) is 84.0 Å². The summed E-state index contributed by atoms with van der Waals surface area (Å²) in [5, 5.41) is 3.94. The van der Waals surface area contributed by atoms with E-state index in [1.165, 1.54) is 77.0 Å². The van der Waals surface area contributed by atoms with Crippen molar-refractivity contribution in [3.05, 3.63) is 0 Å². The lowest BCUT2D eigenvalue weighted by molar-refractivity contribution is 0.385. The molecule has 0 aromatic heterocycles. The summed E-state index contributed by atoms with van der Waals surface area (Å²) in [7, 11) is 0.654. The predicted molar refractivity (Wildman–Crippen MR) is 103 cm³/mol. The van der Waals surface area contributed by atoms with Gasteiger partial charge in [-0.15, -0.1) is 23.2 Å². The minimum absolute atomic E-state index is 0.464. The highest BCUT2D eigenvalue weighted by molar-refractivity contribution is 7.98. The van der Waals surface area contributed by atoms with Crippen LogP contribution in [0.4, 0.5) is 0 Å². The van der Waals surface area contributed by atoms with Crippen LogP contribution in [0.5, 0.6) is 0 Å². The van der Waals surface area contributed by atoms with Gasteiger partial charge in [-0.25, -0.2) is 0 Å². The van der Waals surface area contributed by atoms with E-state index in [-0.39, 0.29) is 0 Å². The molecule has 0 spiro atoms. The maximum atomic E-state index is 6.38. The highest BCUT2D eigenvalue weighted by atomic mass is 35.5. The molecule has 128 valence electrons. The normalized spacial score (nSPS) is 45.4. The molecule has 0 saturated heterocycles. The predicted octanol–water partition coefficient (Wildman–Crippen LogP) is 6.28. The summed E-state index contributed by atoms with van der Waals surface area (Å²) in [4.78, 5) is 0. The van der Waals surface area contributed by atoms with Crippen molar-refractivity contribution in [2.24, 2.45) is 5.92 Å². The largest absolute Gasteiger partial charge is 0.123 e. The van der Waals surface area contributed by atoms with E-state index in [1.807, 2.05) is 0 Å². The standard InChI is InChI=1S/C19H33Cl2S/c1-14-2-8-17(9-3-14)22(18-10-4-15(20)5-11-18)19-12-6-16(21)7-13-19/h14-19H,2-13H2,1H3/q+1. The summed E-state index contributed by atoms with van der Waals surface area (Å²) in [6.07, 6.45) is 16.7. The molecule has 0 nitrogen and oxygen atoms in total. The minimum atomic E-state index is 0.464. The van der Waals surface area contributed by atoms with Gasteiger partial charge in [-0.05, 0) is 93.9 Å².